The number of hydrogen-bond donors (Lipinski definition) is 2. The number of nitrogens with zero attached hydrogens (tertiary/aromatic N) is 1. The second kappa shape index (κ2) is 9.14. The first-order chi connectivity index (χ1) is 15.5. The standard InChI is InChI=1S/C26H20N2O4/c1-17-5-4-7-20(15-17)26(31)32-24-14-11-18-6-2-3-8-22(18)23(24)16-27-28-25(30)19-9-12-21(29)13-10-19/h2-16,29H,1H3,(H,28,30). The monoisotopic (exact) mass is 424 g/mol. The Balaban J connectivity index is 1.62. The quantitative estimate of drug-likeness (QED) is 0.208. The minimum absolute atomic E-state index is 0.0703. The largest absolute Gasteiger partial charge is 0.508 e. The molecule has 6 nitrogen and oxygen atoms in total. The van der Waals surface area contributed by atoms with Crippen molar-refractivity contribution >= 4 is 28.9 Å². The summed E-state index contributed by atoms with van der Waals surface area (Å²) in [7, 11) is 0. The average molecular weight is 424 g/mol. The maximum Gasteiger partial charge on any atom is 0.343 e. The molecule has 0 radical (unpaired) electrons. The van der Waals surface area contributed by atoms with E-state index in [1.54, 1.807) is 24.3 Å². The number of benzene rings is 4. The van der Waals surface area contributed by atoms with Crippen LogP contribution in [0.15, 0.2) is 90.0 Å². The van der Waals surface area contributed by atoms with Crippen molar-refractivity contribution < 1.29 is 19.4 Å². The lowest BCUT2D eigenvalue weighted by Gasteiger charge is -2.11. The summed E-state index contributed by atoms with van der Waals surface area (Å²) in [6.45, 7) is 1.90. The molecule has 158 valence electrons. The Labute approximate surface area is 184 Å². The van der Waals surface area contributed by atoms with Crippen molar-refractivity contribution in [2.45, 2.75) is 6.92 Å². The first-order valence-electron chi connectivity index (χ1n) is 9.94. The molecule has 32 heavy (non-hydrogen) atoms. The van der Waals surface area contributed by atoms with Crippen LogP contribution in [0, 0.1) is 6.92 Å². The van der Waals surface area contributed by atoms with E-state index in [9.17, 15) is 14.7 Å². The first kappa shape index (κ1) is 20.8. The Morgan fingerprint density at radius 2 is 1.69 bits per heavy atom. The number of carbonyl (C=O) groups is 2. The molecule has 4 rings (SSSR count). The van der Waals surface area contributed by atoms with Gasteiger partial charge in [0.15, 0.2) is 0 Å². The SMILES string of the molecule is Cc1cccc(C(=O)Oc2ccc3ccccc3c2C=NNC(=O)c2ccc(O)cc2)c1. The molecule has 0 spiro atoms. The third-order valence-corrected chi connectivity index (χ3v) is 4.88. The van der Waals surface area contributed by atoms with Crippen LogP contribution in [0.4, 0.5) is 0 Å². The highest BCUT2D eigenvalue weighted by Gasteiger charge is 2.14. The molecule has 4 aromatic carbocycles. The van der Waals surface area contributed by atoms with Gasteiger partial charge in [-0.1, -0.05) is 48.0 Å². The van der Waals surface area contributed by atoms with Gasteiger partial charge in [-0.25, -0.2) is 10.2 Å². The molecule has 0 fully saturated rings. The number of fused-ring (bicyclic) bond motifs is 1. The van der Waals surface area contributed by atoms with E-state index >= 15 is 0 Å². The second-order valence-corrected chi connectivity index (χ2v) is 7.20. The maximum absolute atomic E-state index is 12.7. The molecule has 4 aromatic rings. The number of phenolic OH excluding ortho intramolecular Hbond substituents is 1. The van der Waals surface area contributed by atoms with Crippen LogP contribution in [0.2, 0.25) is 0 Å². The van der Waals surface area contributed by atoms with Gasteiger partial charge in [0, 0.05) is 11.1 Å². The molecule has 0 saturated carbocycles. The van der Waals surface area contributed by atoms with E-state index < -0.39 is 11.9 Å². The molecule has 0 aliphatic heterocycles. The van der Waals surface area contributed by atoms with Crippen molar-refractivity contribution in [2.75, 3.05) is 0 Å². The first-order valence-corrected chi connectivity index (χ1v) is 9.94. The minimum Gasteiger partial charge on any atom is -0.508 e. The van der Waals surface area contributed by atoms with Crippen molar-refractivity contribution in [1.82, 2.24) is 5.43 Å². The molecular weight excluding hydrogens is 404 g/mol. The van der Waals surface area contributed by atoms with E-state index in [1.165, 1.54) is 30.5 Å². The summed E-state index contributed by atoms with van der Waals surface area (Å²) in [5.41, 5.74) is 4.78. The number of hydrogen-bond acceptors (Lipinski definition) is 5. The molecule has 6 heteroatoms. The lowest BCUT2D eigenvalue weighted by Crippen LogP contribution is -2.17. The summed E-state index contributed by atoms with van der Waals surface area (Å²) in [4.78, 5) is 25.0. The maximum atomic E-state index is 12.7. The third-order valence-electron chi connectivity index (χ3n) is 4.88. The van der Waals surface area contributed by atoms with Gasteiger partial charge in [0.1, 0.15) is 11.5 Å². The van der Waals surface area contributed by atoms with E-state index in [-0.39, 0.29) is 5.75 Å². The van der Waals surface area contributed by atoms with Crippen molar-refractivity contribution in [3.05, 3.63) is 107 Å². The Kier molecular flexibility index (Phi) is 5.94. The Morgan fingerprint density at radius 3 is 2.47 bits per heavy atom. The van der Waals surface area contributed by atoms with Gasteiger partial charge in [-0.3, -0.25) is 4.79 Å². The summed E-state index contributed by atoms with van der Waals surface area (Å²) < 4.78 is 5.68. The third kappa shape index (κ3) is 4.65. The van der Waals surface area contributed by atoms with Crippen LogP contribution < -0.4 is 10.2 Å². The van der Waals surface area contributed by atoms with Gasteiger partial charge in [0.25, 0.3) is 5.91 Å². The molecular formula is C26H20N2O4. The fraction of sp³-hybridized carbons (Fsp3) is 0.0385. The predicted molar refractivity (Wildman–Crippen MR) is 123 cm³/mol. The lowest BCUT2D eigenvalue weighted by atomic mass is 10.0. The molecule has 0 bridgehead atoms. The van der Waals surface area contributed by atoms with Gasteiger partial charge >= 0.3 is 5.97 Å². The number of ether oxygens (including phenoxy) is 1. The van der Waals surface area contributed by atoms with E-state index in [1.807, 2.05) is 43.3 Å². The number of phenols is 1. The number of aromatic hydroxyl groups is 1. The fourth-order valence-electron chi connectivity index (χ4n) is 3.26. The van der Waals surface area contributed by atoms with Crippen LogP contribution in [-0.2, 0) is 0 Å². The topological polar surface area (TPSA) is 88.0 Å². The van der Waals surface area contributed by atoms with E-state index in [0.29, 0.717) is 22.4 Å². The minimum atomic E-state index is -0.480. The molecule has 0 aromatic heterocycles. The fourth-order valence-corrected chi connectivity index (χ4v) is 3.26. The average Bonchev–Trinajstić information content (AvgIpc) is 2.80. The lowest BCUT2D eigenvalue weighted by molar-refractivity contribution is 0.0734. The molecule has 0 saturated heterocycles. The van der Waals surface area contributed by atoms with E-state index in [2.05, 4.69) is 10.5 Å². The molecule has 0 aliphatic carbocycles. The van der Waals surface area contributed by atoms with Crippen molar-refractivity contribution in [1.29, 1.82) is 0 Å². The van der Waals surface area contributed by atoms with Crippen molar-refractivity contribution in [2.24, 2.45) is 5.10 Å². The van der Waals surface area contributed by atoms with Crippen LogP contribution in [0.1, 0.15) is 31.8 Å². The number of aryl methyl sites for hydroxylation is 1. The van der Waals surface area contributed by atoms with Gasteiger partial charge in [-0.2, -0.15) is 5.10 Å². The summed E-state index contributed by atoms with van der Waals surface area (Å²) >= 11 is 0. The highest BCUT2D eigenvalue weighted by Crippen LogP contribution is 2.27. The zero-order chi connectivity index (χ0) is 22.5. The van der Waals surface area contributed by atoms with Crippen LogP contribution >= 0.6 is 0 Å². The Bertz CT molecular complexity index is 1330. The number of hydrazone groups is 1. The van der Waals surface area contributed by atoms with Gasteiger partial charge in [0.05, 0.1) is 11.8 Å². The van der Waals surface area contributed by atoms with Gasteiger partial charge in [-0.15, -0.1) is 0 Å². The molecule has 0 aliphatic rings. The van der Waals surface area contributed by atoms with Crippen molar-refractivity contribution in [3.8, 4) is 11.5 Å². The number of amides is 1. The van der Waals surface area contributed by atoms with Gasteiger partial charge in [0.2, 0.25) is 0 Å². The molecule has 2 N–H and O–H groups in total. The molecule has 1 amide bonds. The van der Waals surface area contributed by atoms with Crippen LogP contribution in [-0.4, -0.2) is 23.2 Å². The van der Waals surface area contributed by atoms with Crippen molar-refractivity contribution in [3.63, 3.8) is 0 Å². The number of carbonyl (C=O) groups excluding carboxylic acids is 2. The predicted octanol–water partition coefficient (Wildman–Crippen LogP) is 4.84. The number of nitrogens with one attached hydrogen (secondary N) is 1. The Hall–Kier alpha value is -4.45. The summed E-state index contributed by atoms with van der Waals surface area (Å²) in [6, 6.07) is 24.2. The van der Waals surface area contributed by atoms with E-state index in [0.717, 1.165) is 16.3 Å². The normalized spacial score (nSPS) is 10.9. The van der Waals surface area contributed by atoms with Gasteiger partial charge in [-0.05, 0) is 60.2 Å². The van der Waals surface area contributed by atoms with Crippen LogP contribution in [0.5, 0.6) is 11.5 Å². The smallest absolute Gasteiger partial charge is 0.343 e. The highest BCUT2D eigenvalue weighted by atomic mass is 16.5. The highest BCUT2D eigenvalue weighted by molar-refractivity contribution is 6.04. The second-order valence-electron chi connectivity index (χ2n) is 7.20. The van der Waals surface area contributed by atoms with Gasteiger partial charge < -0.3 is 9.84 Å². The summed E-state index contributed by atoms with van der Waals surface area (Å²) in [5, 5.41) is 15.2. The molecule has 0 unspecified atom stereocenters. The summed E-state index contributed by atoms with van der Waals surface area (Å²) in [5.74, 6) is -0.509. The molecule has 0 heterocycles. The molecule has 0 atom stereocenters. The Morgan fingerprint density at radius 1 is 0.906 bits per heavy atom. The van der Waals surface area contributed by atoms with Crippen LogP contribution in [0.25, 0.3) is 10.8 Å². The number of rotatable bonds is 5. The summed E-state index contributed by atoms with van der Waals surface area (Å²) in [6.07, 6.45) is 1.46. The number of esters is 1. The zero-order valence-electron chi connectivity index (χ0n) is 17.3. The van der Waals surface area contributed by atoms with Crippen LogP contribution in [0.3, 0.4) is 0 Å². The zero-order valence-corrected chi connectivity index (χ0v) is 17.3. The van der Waals surface area contributed by atoms with E-state index in [4.69, 9.17) is 4.74 Å².